The molecule has 0 radical (unpaired) electrons. The average Bonchev–Trinajstić information content (AvgIpc) is 2.89. The number of thioether (sulfide) groups is 1. The molecule has 0 aliphatic heterocycles. The van der Waals surface area contributed by atoms with Crippen LogP contribution in [-0.4, -0.2) is 9.97 Å². The van der Waals surface area contributed by atoms with Crippen LogP contribution in [0.4, 0.5) is 0 Å². The maximum Gasteiger partial charge on any atom is 0.127 e. The van der Waals surface area contributed by atoms with Crippen LogP contribution in [0.2, 0.25) is 10.0 Å². The minimum absolute atomic E-state index is 0.581. The van der Waals surface area contributed by atoms with Gasteiger partial charge in [0.2, 0.25) is 0 Å². The second kappa shape index (κ2) is 5.67. The third kappa shape index (κ3) is 2.87. The van der Waals surface area contributed by atoms with E-state index in [-0.39, 0.29) is 0 Å². The van der Waals surface area contributed by atoms with Crippen LogP contribution in [0.1, 0.15) is 5.56 Å². The summed E-state index contributed by atoms with van der Waals surface area (Å²) in [4.78, 5) is 9.59. The second-order valence-electron chi connectivity index (χ2n) is 3.86. The molecule has 0 unspecified atom stereocenters. The van der Waals surface area contributed by atoms with Gasteiger partial charge in [-0.1, -0.05) is 29.3 Å². The fourth-order valence-electron chi connectivity index (χ4n) is 1.66. The van der Waals surface area contributed by atoms with Gasteiger partial charge in [-0.25, -0.2) is 9.97 Å². The van der Waals surface area contributed by atoms with Crippen molar-refractivity contribution in [3.8, 4) is 0 Å². The highest BCUT2D eigenvalue weighted by atomic mass is 35.5. The fraction of sp³-hybridized carbons (Fsp3) is 0.0769. The molecule has 0 atom stereocenters. The maximum absolute atomic E-state index is 6.01. The van der Waals surface area contributed by atoms with E-state index in [1.54, 1.807) is 29.4 Å². The van der Waals surface area contributed by atoms with E-state index in [2.05, 4.69) is 16.0 Å². The van der Waals surface area contributed by atoms with Crippen molar-refractivity contribution >= 4 is 56.5 Å². The van der Waals surface area contributed by atoms with Crippen molar-refractivity contribution in [2.24, 2.45) is 0 Å². The molecule has 0 saturated carbocycles. The normalized spacial score (nSPS) is 11.1. The zero-order chi connectivity index (χ0) is 13.2. The monoisotopic (exact) mass is 326 g/mol. The number of halogens is 2. The quantitative estimate of drug-likeness (QED) is 0.483. The van der Waals surface area contributed by atoms with Crippen LogP contribution in [0.15, 0.2) is 41.0 Å². The van der Waals surface area contributed by atoms with Crippen molar-refractivity contribution in [2.75, 3.05) is 0 Å². The lowest BCUT2D eigenvalue weighted by Crippen LogP contribution is -1.85. The number of hydrogen-bond acceptors (Lipinski definition) is 4. The SMILES string of the molecule is Clc1ccc(CSc2ncnc3sccc23)cc1Cl. The van der Waals surface area contributed by atoms with Crippen LogP contribution in [0.3, 0.4) is 0 Å². The van der Waals surface area contributed by atoms with E-state index in [1.165, 1.54) is 0 Å². The van der Waals surface area contributed by atoms with Crippen LogP contribution in [0.5, 0.6) is 0 Å². The molecule has 0 spiro atoms. The molecule has 0 bridgehead atoms. The second-order valence-corrected chi connectivity index (χ2v) is 6.53. The fourth-order valence-corrected chi connectivity index (χ4v) is 3.71. The van der Waals surface area contributed by atoms with Gasteiger partial charge >= 0.3 is 0 Å². The molecular weight excluding hydrogens is 319 g/mol. The van der Waals surface area contributed by atoms with Crippen molar-refractivity contribution in [3.05, 3.63) is 51.6 Å². The van der Waals surface area contributed by atoms with Crippen LogP contribution < -0.4 is 0 Å². The molecular formula is C13H8Cl2N2S2. The van der Waals surface area contributed by atoms with Gasteiger partial charge < -0.3 is 0 Å². The largest absolute Gasteiger partial charge is 0.229 e. The molecule has 6 heteroatoms. The lowest BCUT2D eigenvalue weighted by molar-refractivity contribution is 1.11. The Hall–Kier alpha value is -0.810. The number of aromatic nitrogens is 2. The van der Waals surface area contributed by atoms with E-state index in [0.717, 1.165) is 26.6 Å². The van der Waals surface area contributed by atoms with Crippen molar-refractivity contribution < 1.29 is 0 Å². The maximum atomic E-state index is 6.01. The molecule has 0 aliphatic carbocycles. The summed E-state index contributed by atoms with van der Waals surface area (Å²) < 4.78 is 0. The molecule has 0 saturated heterocycles. The molecule has 2 heterocycles. The summed E-state index contributed by atoms with van der Waals surface area (Å²) in [6.07, 6.45) is 1.61. The minimum atomic E-state index is 0.581. The summed E-state index contributed by atoms with van der Waals surface area (Å²) in [6, 6.07) is 7.74. The molecule has 2 nitrogen and oxygen atoms in total. The third-order valence-corrected chi connectivity index (χ3v) is 5.22. The topological polar surface area (TPSA) is 25.8 Å². The summed E-state index contributed by atoms with van der Waals surface area (Å²) in [6.45, 7) is 0. The van der Waals surface area contributed by atoms with E-state index < -0.39 is 0 Å². The lowest BCUT2D eigenvalue weighted by Gasteiger charge is -2.04. The van der Waals surface area contributed by atoms with Crippen LogP contribution in [0, 0.1) is 0 Å². The van der Waals surface area contributed by atoms with E-state index in [9.17, 15) is 0 Å². The van der Waals surface area contributed by atoms with Crippen molar-refractivity contribution in [1.82, 2.24) is 9.97 Å². The smallest absolute Gasteiger partial charge is 0.127 e. The molecule has 0 N–H and O–H groups in total. The summed E-state index contributed by atoms with van der Waals surface area (Å²) in [7, 11) is 0. The predicted octanol–water partition coefficient (Wildman–Crippen LogP) is 5.29. The zero-order valence-corrected chi connectivity index (χ0v) is 12.8. The molecule has 0 amide bonds. The Kier molecular flexibility index (Phi) is 3.93. The highest BCUT2D eigenvalue weighted by molar-refractivity contribution is 7.98. The highest BCUT2D eigenvalue weighted by Crippen LogP contribution is 2.31. The summed E-state index contributed by atoms with van der Waals surface area (Å²) in [5, 5.41) is 5.30. The average molecular weight is 327 g/mol. The Morgan fingerprint density at radius 1 is 1.11 bits per heavy atom. The molecule has 2 aromatic heterocycles. The Balaban J connectivity index is 1.82. The van der Waals surface area contributed by atoms with Crippen LogP contribution in [0.25, 0.3) is 10.2 Å². The van der Waals surface area contributed by atoms with Gasteiger partial charge in [0, 0.05) is 11.1 Å². The number of hydrogen-bond donors (Lipinski definition) is 0. The van der Waals surface area contributed by atoms with E-state index in [4.69, 9.17) is 23.2 Å². The van der Waals surface area contributed by atoms with Gasteiger partial charge in [0.15, 0.2) is 0 Å². The number of nitrogens with zero attached hydrogens (tertiary/aromatic N) is 2. The minimum Gasteiger partial charge on any atom is -0.229 e. The standard InChI is InChI=1S/C13H8Cl2N2S2/c14-10-2-1-8(5-11(10)15)6-19-13-9-3-4-18-12(9)16-7-17-13/h1-5,7H,6H2. The van der Waals surface area contributed by atoms with Gasteiger partial charge in [0.25, 0.3) is 0 Å². The van der Waals surface area contributed by atoms with Gasteiger partial charge in [-0.3, -0.25) is 0 Å². The highest BCUT2D eigenvalue weighted by Gasteiger charge is 2.06. The Bertz CT molecular complexity index is 727. The van der Waals surface area contributed by atoms with E-state index in [1.807, 2.05) is 23.6 Å². The zero-order valence-electron chi connectivity index (χ0n) is 9.64. The predicted molar refractivity (Wildman–Crippen MR) is 83.4 cm³/mol. The molecule has 3 aromatic rings. The summed E-state index contributed by atoms with van der Waals surface area (Å²) in [5.74, 6) is 0.804. The van der Waals surface area contributed by atoms with Gasteiger partial charge in [-0.15, -0.1) is 23.1 Å². The molecule has 0 aliphatic rings. The van der Waals surface area contributed by atoms with E-state index >= 15 is 0 Å². The Labute approximate surface area is 128 Å². The van der Waals surface area contributed by atoms with E-state index in [0.29, 0.717) is 10.0 Å². The summed E-state index contributed by atoms with van der Waals surface area (Å²) >= 11 is 15.2. The first-order chi connectivity index (χ1) is 9.24. The number of thiophene rings is 1. The molecule has 96 valence electrons. The van der Waals surface area contributed by atoms with Gasteiger partial charge in [0.05, 0.1) is 10.0 Å². The number of fused-ring (bicyclic) bond motifs is 1. The first kappa shape index (κ1) is 13.2. The van der Waals surface area contributed by atoms with Crippen LogP contribution in [-0.2, 0) is 5.75 Å². The van der Waals surface area contributed by atoms with Crippen molar-refractivity contribution in [3.63, 3.8) is 0 Å². The van der Waals surface area contributed by atoms with Gasteiger partial charge in [-0.2, -0.15) is 0 Å². The van der Waals surface area contributed by atoms with Gasteiger partial charge in [-0.05, 0) is 29.1 Å². The first-order valence-corrected chi connectivity index (χ1v) is 8.11. The van der Waals surface area contributed by atoms with Crippen molar-refractivity contribution in [2.45, 2.75) is 10.8 Å². The lowest BCUT2D eigenvalue weighted by atomic mass is 10.2. The van der Waals surface area contributed by atoms with Crippen molar-refractivity contribution in [1.29, 1.82) is 0 Å². The molecule has 19 heavy (non-hydrogen) atoms. The van der Waals surface area contributed by atoms with Gasteiger partial charge in [0.1, 0.15) is 16.2 Å². The third-order valence-electron chi connectivity index (χ3n) is 2.58. The molecule has 3 rings (SSSR count). The number of benzene rings is 1. The first-order valence-electron chi connectivity index (χ1n) is 5.49. The Morgan fingerprint density at radius 3 is 2.84 bits per heavy atom. The summed E-state index contributed by atoms with van der Waals surface area (Å²) in [5.41, 5.74) is 1.13. The molecule has 0 fully saturated rings. The molecule has 1 aromatic carbocycles. The van der Waals surface area contributed by atoms with Crippen LogP contribution >= 0.6 is 46.3 Å². The Morgan fingerprint density at radius 2 is 2.00 bits per heavy atom. The number of rotatable bonds is 3.